The number of nitrogens with one attached hydrogen (secondary N) is 1. The Balaban J connectivity index is 1.90. The number of amides is 1. The molecule has 2 aromatic rings. The number of carbonyl (C=O) groups is 1. The van der Waals surface area contributed by atoms with Gasteiger partial charge in [0.2, 0.25) is 5.91 Å². The molecule has 0 fully saturated rings. The van der Waals surface area contributed by atoms with Crippen LogP contribution >= 0.6 is 11.6 Å². The van der Waals surface area contributed by atoms with E-state index >= 15 is 0 Å². The average molecular weight is 366 g/mol. The van der Waals surface area contributed by atoms with Crippen molar-refractivity contribution in [3.8, 4) is 0 Å². The van der Waals surface area contributed by atoms with E-state index in [1.54, 1.807) is 30.1 Å². The van der Waals surface area contributed by atoms with Crippen molar-refractivity contribution in [3.63, 3.8) is 0 Å². The van der Waals surface area contributed by atoms with E-state index in [1.807, 2.05) is 0 Å². The van der Waals surface area contributed by atoms with Crippen LogP contribution in [0, 0.1) is 15.9 Å². The van der Waals surface area contributed by atoms with Gasteiger partial charge in [-0.2, -0.15) is 0 Å². The maximum atomic E-state index is 13.5. The van der Waals surface area contributed by atoms with Gasteiger partial charge in [0, 0.05) is 35.8 Å². The number of carbonyl (C=O) groups excluding carboxylic acids is 1. The molecule has 2 rings (SSSR count). The third-order valence-corrected chi connectivity index (χ3v) is 3.90. The van der Waals surface area contributed by atoms with Crippen LogP contribution in [0.15, 0.2) is 42.5 Å². The highest BCUT2D eigenvalue weighted by Gasteiger charge is 2.13. The van der Waals surface area contributed by atoms with E-state index in [-0.39, 0.29) is 37.0 Å². The Hall–Kier alpha value is -2.51. The summed E-state index contributed by atoms with van der Waals surface area (Å²) < 4.78 is 13.5. The van der Waals surface area contributed by atoms with Crippen molar-refractivity contribution in [1.29, 1.82) is 0 Å². The highest BCUT2D eigenvalue weighted by atomic mass is 35.5. The maximum absolute atomic E-state index is 13.5. The average Bonchev–Trinajstić information content (AvgIpc) is 2.55. The van der Waals surface area contributed by atoms with Crippen molar-refractivity contribution in [2.24, 2.45) is 0 Å². The van der Waals surface area contributed by atoms with Crippen LogP contribution in [0.5, 0.6) is 0 Å². The zero-order valence-electron chi connectivity index (χ0n) is 13.5. The third-order valence-electron chi connectivity index (χ3n) is 3.53. The van der Waals surface area contributed by atoms with Gasteiger partial charge in [-0.05, 0) is 24.7 Å². The molecule has 0 aromatic heterocycles. The Labute approximate surface area is 149 Å². The lowest BCUT2D eigenvalue weighted by Gasteiger charge is -2.17. The van der Waals surface area contributed by atoms with Gasteiger partial charge in [0.25, 0.3) is 5.69 Å². The topological polar surface area (TPSA) is 75.5 Å². The largest absolute Gasteiger partial charge is 0.351 e. The van der Waals surface area contributed by atoms with E-state index in [9.17, 15) is 19.3 Å². The molecular formula is C17H17ClFN3O3. The minimum absolute atomic E-state index is 0.0491. The van der Waals surface area contributed by atoms with Crippen molar-refractivity contribution < 1.29 is 14.1 Å². The number of likely N-dealkylation sites (N-methyl/N-ethyl adjacent to an activating group) is 1. The molecule has 0 aliphatic carbocycles. The molecular weight excluding hydrogens is 349 g/mol. The lowest BCUT2D eigenvalue weighted by atomic mass is 10.2. The van der Waals surface area contributed by atoms with Crippen LogP contribution < -0.4 is 5.32 Å². The fraction of sp³-hybridized carbons (Fsp3) is 0.235. The van der Waals surface area contributed by atoms with Gasteiger partial charge < -0.3 is 5.32 Å². The first kappa shape index (κ1) is 18.8. The SMILES string of the molecule is CN(CC(=O)NCc1ccccc1F)Cc1cc([N+](=O)[O-])ccc1Cl. The van der Waals surface area contributed by atoms with E-state index in [0.717, 1.165) is 0 Å². The summed E-state index contributed by atoms with van der Waals surface area (Å²) in [6.45, 7) is 0.415. The first-order valence-electron chi connectivity index (χ1n) is 7.48. The predicted molar refractivity (Wildman–Crippen MR) is 92.7 cm³/mol. The molecule has 6 nitrogen and oxygen atoms in total. The Morgan fingerprint density at radius 1 is 1.28 bits per heavy atom. The second-order valence-electron chi connectivity index (χ2n) is 5.57. The predicted octanol–water partition coefficient (Wildman–Crippen LogP) is 3.14. The van der Waals surface area contributed by atoms with E-state index in [1.165, 1.54) is 24.3 Å². The Kier molecular flexibility index (Phi) is 6.44. The van der Waals surface area contributed by atoms with Gasteiger partial charge in [-0.25, -0.2) is 4.39 Å². The fourth-order valence-corrected chi connectivity index (χ4v) is 2.46. The minimum Gasteiger partial charge on any atom is -0.351 e. The molecule has 0 aliphatic heterocycles. The van der Waals surface area contributed by atoms with Crippen LogP contribution in [0.25, 0.3) is 0 Å². The summed E-state index contributed by atoms with van der Waals surface area (Å²) in [4.78, 5) is 24.0. The van der Waals surface area contributed by atoms with Crippen LogP contribution in [0.3, 0.4) is 0 Å². The molecule has 25 heavy (non-hydrogen) atoms. The normalized spacial score (nSPS) is 10.7. The summed E-state index contributed by atoms with van der Waals surface area (Å²) in [5.41, 5.74) is 0.900. The first-order valence-corrected chi connectivity index (χ1v) is 7.86. The molecule has 0 atom stereocenters. The molecule has 132 valence electrons. The summed E-state index contributed by atoms with van der Waals surface area (Å²) in [5, 5.41) is 13.9. The molecule has 0 saturated heterocycles. The number of nitrogens with zero attached hydrogens (tertiary/aromatic N) is 2. The van der Waals surface area contributed by atoms with Crippen LogP contribution in [0.1, 0.15) is 11.1 Å². The monoisotopic (exact) mass is 365 g/mol. The summed E-state index contributed by atoms with van der Waals surface area (Å²) >= 11 is 6.05. The van der Waals surface area contributed by atoms with Gasteiger partial charge in [0.15, 0.2) is 0 Å². The lowest BCUT2D eigenvalue weighted by Crippen LogP contribution is -2.34. The van der Waals surface area contributed by atoms with Crippen molar-refractivity contribution >= 4 is 23.2 Å². The van der Waals surface area contributed by atoms with Gasteiger partial charge in [-0.1, -0.05) is 29.8 Å². The highest BCUT2D eigenvalue weighted by Crippen LogP contribution is 2.23. The van der Waals surface area contributed by atoms with Gasteiger partial charge in [0.05, 0.1) is 11.5 Å². The van der Waals surface area contributed by atoms with E-state index < -0.39 is 4.92 Å². The van der Waals surface area contributed by atoms with Gasteiger partial charge in [-0.3, -0.25) is 19.8 Å². The molecule has 0 saturated carbocycles. The molecule has 0 aliphatic rings. The quantitative estimate of drug-likeness (QED) is 0.604. The smallest absolute Gasteiger partial charge is 0.269 e. The summed E-state index contributed by atoms with van der Waals surface area (Å²) in [7, 11) is 1.69. The zero-order chi connectivity index (χ0) is 18.4. The second kappa shape index (κ2) is 8.55. The van der Waals surface area contributed by atoms with Crippen LogP contribution in [0.2, 0.25) is 5.02 Å². The Morgan fingerprint density at radius 2 is 2.00 bits per heavy atom. The third kappa shape index (κ3) is 5.51. The Morgan fingerprint density at radius 3 is 2.68 bits per heavy atom. The molecule has 0 heterocycles. The van der Waals surface area contributed by atoms with Gasteiger partial charge in [0.1, 0.15) is 5.82 Å². The molecule has 2 aromatic carbocycles. The highest BCUT2D eigenvalue weighted by molar-refractivity contribution is 6.31. The zero-order valence-corrected chi connectivity index (χ0v) is 14.3. The van der Waals surface area contributed by atoms with Crippen LogP contribution in [0.4, 0.5) is 10.1 Å². The number of benzene rings is 2. The number of nitro groups is 1. The maximum Gasteiger partial charge on any atom is 0.269 e. The van der Waals surface area contributed by atoms with E-state index in [0.29, 0.717) is 16.1 Å². The van der Waals surface area contributed by atoms with Gasteiger partial charge >= 0.3 is 0 Å². The second-order valence-corrected chi connectivity index (χ2v) is 5.98. The fourth-order valence-electron chi connectivity index (χ4n) is 2.28. The molecule has 0 bridgehead atoms. The standard InChI is InChI=1S/C17H17ClFN3O3/c1-21(10-13-8-14(22(24)25)6-7-15(13)18)11-17(23)20-9-12-4-2-3-5-16(12)19/h2-8H,9-11H2,1H3,(H,20,23). The van der Waals surface area contributed by atoms with Crippen molar-refractivity contribution in [1.82, 2.24) is 10.2 Å². The van der Waals surface area contributed by atoms with Crippen LogP contribution in [-0.4, -0.2) is 29.3 Å². The van der Waals surface area contributed by atoms with Crippen molar-refractivity contribution in [2.45, 2.75) is 13.1 Å². The number of nitro benzene ring substituents is 1. The molecule has 0 unspecified atom stereocenters. The molecule has 1 N–H and O–H groups in total. The summed E-state index contributed by atoms with van der Waals surface area (Å²) in [6.07, 6.45) is 0. The van der Waals surface area contributed by atoms with Crippen molar-refractivity contribution in [3.05, 3.63) is 74.5 Å². The Bertz CT molecular complexity index is 785. The molecule has 8 heteroatoms. The summed E-state index contributed by atoms with van der Waals surface area (Å²) in [5.74, 6) is -0.660. The summed E-state index contributed by atoms with van der Waals surface area (Å²) in [6, 6.07) is 10.4. The minimum atomic E-state index is -0.499. The number of hydrogen-bond acceptors (Lipinski definition) is 4. The van der Waals surface area contributed by atoms with Gasteiger partial charge in [-0.15, -0.1) is 0 Å². The number of halogens is 2. The van der Waals surface area contributed by atoms with E-state index in [4.69, 9.17) is 11.6 Å². The first-order chi connectivity index (χ1) is 11.9. The molecule has 1 amide bonds. The molecule has 0 radical (unpaired) electrons. The number of rotatable bonds is 7. The number of non-ortho nitro benzene ring substituents is 1. The lowest BCUT2D eigenvalue weighted by molar-refractivity contribution is -0.384. The van der Waals surface area contributed by atoms with E-state index in [2.05, 4.69) is 5.32 Å². The van der Waals surface area contributed by atoms with Crippen LogP contribution in [-0.2, 0) is 17.9 Å². The molecule has 0 spiro atoms. The van der Waals surface area contributed by atoms with Crippen molar-refractivity contribution in [2.75, 3.05) is 13.6 Å². The number of hydrogen-bond donors (Lipinski definition) is 1.